The summed E-state index contributed by atoms with van der Waals surface area (Å²) >= 11 is 7.52. The molecule has 4 nitrogen and oxygen atoms in total. The monoisotopic (exact) mass is 306 g/mol. The zero-order valence-electron chi connectivity index (χ0n) is 10.6. The lowest BCUT2D eigenvalue weighted by atomic mass is 10.2. The van der Waals surface area contributed by atoms with Crippen molar-refractivity contribution in [1.82, 2.24) is 9.55 Å². The Balaban J connectivity index is 2.33. The molecule has 0 fully saturated rings. The number of thiophene rings is 1. The van der Waals surface area contributed by atoms with Crippen LogP contribution in [0.4, 0.5) is 0 Å². The van der Waals surface area contributed by atoms with Crippen LogP contribution in [-0.4, -0.2) is 9.55 Å². The van der Waals surface area contributed by atoms with E-state index in [-0.39, 0.29) is 10.7 Å². The van der Waals surface area contributed by atoms with Gasteiger partial charge in [0.15, 0.2) is 0 Å². The summed E-state index contributed by atoms with van der Waals surface area (Å²) in [6.07, 6.45) is 0.467. The molecule has 0 amide bonds. The molecule has 3 aromatic rings. The summed E-state index contributed by atoms with van der Waals surface area (Å²) in [4.78, 5) is 26.9. The fraction of sp³-hybridized carbons (Fsp3) is 0.143. The number of hydrogen-bond donors (Lipinski definition) is 1. The van der Waals surface area contributed by atoms with E-state index >= 15 is 0 Å². The summed E-state index contributed by atoms with van der Waals surface area (Å²) < 4.78 is 2.24. The number of halogens is 1. The predicted molar refractivity (Wildman–Crippen MR) is 82.4 cm³/mol. The highest BCUT2D eigenvalue weighted by atomic mass is 35.5. The maximum Gasteiger partial charge on any atom is 0.334 e. The molecule has 0 unspecified atom stereocenters. The number of aromatic nitrogens is 2. The summed E-state index contributed by atoms with van der Waals surface area (Å²) in [6, 6.07) is 7.46. The smallest absolute Gasteiger partial charge is 0.297 e. The van der Waals surface area contributed by atoms with Crippen molar-refractivity contribution in [3.63, 3.8) is 0 Å². The van der Waals surface area contributed by atoms with Crippen LogP contribution in [-0.2, 0) is 6.42 Å². The lowest BCUT2D eigenvalue weighted by Gasteiger charge is -2.08. The molecule has 0 bridgehead atoms. The van der Waals surface area contributed by atoms with Gasteiger partial charge in [-0.05, 0) is 41.5 Å². The quantitative estimate of drug-likeness (QED) is 0.740. The average Bonchev–Trinajstić information content (AvgIpc) is 2.86. The minimum atomic E-state index is -0.522. The maximum atomic E-state index is 12.4. The Bertz CT molecular complexity index is 907. The third-order valence-electron chi connectivity index (χ3n) is 3.19. The van der Waals surface area contributed by atoms with Crippen molar-refractivity contribution in [3.8, 4) is 5.69 Å². The standard InChI is InChI=1S/C14H11ClN2O2S/c1-2-10-12(15)16-14(19)17(13(10)18)9-3-4-11-8(7-9)5-6-20-11/h3-7H,2H2,1H3,(H,16,19). The largest absolute Gasteiger partial charge is 0.334 e. The summed E-state index contributed by atoms with van der Waals surface area (Å²) in [7, 11) is 0. The van der Waals surface area contributed by atoms with Gasteiger partial charge in [0.1, 0.15) is 5.15 Å². The third kappa shape index (κ3) is 1.99. The van der Waals surface area contributed by atoms with Gasteiger partial charge in [-0.1, -0.05) is 18.5 Å². The molecule has 1 aromatic carbocycles. The molecule has 0 saturated carbocycles. The predicted octanol–water partition coefficient (Wildman–Crippen LogP) is 2.96. The van der Waals surface area contributed by atoms with Crippen LogP contribution in [0, 0.1) is 0 Å². The van der Waals surface area contributed by atoms with Gasteiger partial charge in [-0.3, -0.25) is 9.78 Å². The van der Waals surface area contributed by atoms with Crippen molar-refractivity contribution in [2.45, 2.75) is 13.3 Å². The Hall–Kier alpha value is -1.85. The first kappa shape index (κ1) is 13.1. The minimum absolute atomic E-state index is 0.121. The van der Waals surface area contributed by atoms with E-state index in [1.807, 2.05) is 30.5 Å². The van der Waals surface area contributed by atoms with Crippen LogP contribution in [0.1, 0.15) is 12.5 Å². The minimum Gasteiger partial charge on any atom is -0.297 e. The fourth-order valence-electron chi connectivity index (χ4n) is 2.18. The number of aromatic amines is 1. The molecule has 3 rings (SSSR count). The van der Waals surface area contributed by atoms with Gasteiger partial charge in [0.25, 0.3) is 5.56 Å². The van der Waals surface area contributed by atoms with Gasteiger partial charge in [-0.2, -0.15) is 0 Å². The number of hydrogen-bond acceptors (Lipinski definition) is 3. The van der Waals surface area contributed by atoms with Crippen LogP contribution in [0.2, 0.25) is 5.15 Å². The Labute approximate surface area is 123 Å². The molecule has 0 spiro atoms. The van der Waals surface area contributed by atoms with E-state index in [0.717, 1.165) is 14.7 Å². The lowest BCUT2D eigenvalue weighted by Crippen LogP contribution is -2.35. The number of rotatable bonds is 2. The van der Waals surface area contributed by atoms with E-state index in [2.05, 4.69) is 4.98 Å². The first-order chi connectivity index (χ1) is 9.61. The van der Waals surface area contributed by atoms with Crippen LogP contribution in [0.5, 0.6) is 0 Å². The second kappa shape index (κ2) is 4.92. The normalized spacial score (nSPS) is 11.1. The van der Waals surface area contributed by atoms with Crippen LogP contribution in [0.25, 0.3) is 15.8 Å². The Morgan fingerprint density at radius 2 is 2.10 bits per heavy atom. The van der Waals surface area contributed by atoms with E-state index in [0.29, 0.717) is 17.7 Å². The summed E-state index contributed by atoms with van der Waals surface area (Å²) in [5.41, 5.74) is 0.0767. The summed E-state index contributed by atoms with van der Waals surface area (Å²) in [5.74, 6) is 0. The summed E-state index contributed by atoms with van der Waals surface area (Å²) in [5, 5.41) is 3.10. The van der Waals surface area contributed by atoms with Crippen LogP contribution < -0.4 is 11.2 Å². The number of nitrogens with zero attached hydrogens (tertiary/aromatic N) is 1. The molecule has 0 atom stereocenters. The average molecular weight is 307 g/mol. The van der Waals surface area contributed by atoms with E-state index in [1.165, 1.54) is 0 Å². The molecule has 102 valence electrons. The zero-order valence-corrected chi connectivity index (χ0v) is 12.2. The van der Waals surface area contributed by atoms with Crippen molar-refractivity contribution >= 4 is 33.0 Å². The fourth-order valence-corrected chi connectivity index (χ4v) is 3.25. The summed E-state index contributed by atoms with van der Waals surface area (Å²) in [6.45, 7) is 1.83. The number of fused-ring (bicyclic) bond motifs is 1. The van der Waals surface area contributed by atoms with Crippen molar-refractivity contribution in [2.75, 3.05) is 0 Å². The molecule has 0 saturated heterocycles. The van der Waals surface area contributed by atoms with Gasteiger partial charge in [0.2, 0.25) is 0 Å². The molecule has 0 radical (unpaired) electrons. The van der Waals surface area contributed by atoms with Crippen LogP contribution in [0.3, 0.4) is 0 Å². The molecule has 6 heteroatoms. The molecule has 1 N–H and O–H groups in total. The molecule has 20 heavy (non-hydrogen) atoms. The molecule has 2 aromatic heterocycles. The van der Waals surface area contributed by atoms with Crippen LogP contribution in [0.15, 0.2) is 39.2 Å². The topological polar surface area (TPSA) is 54.9 Å². The number of nitrogens with one attached hydrogen (secondary N) is 1. The van der Waals surface area contributed by atoms with Crippen molar-refractivity contribution < 1.29 is 0 Å². The highest BCUT2D eigenvalue weighted by molar-refractivity contribution is 7.17. The first-order valence-corrected chi connectivity index (χ1v) is 7.39. The maximum absolute atomic E-state index is 12.4. The van der Waals surface area contributed by atoms with Gasteiger partial charge in [0, 0.05) is 4.70 Å². The zero-order chi connectivity index (χ0) is 14.3. The molecule has 0 aliphatic heterocycles. The first-order valence-electron chi connectivity index (χ1n) is 6.13. The second-order valence-electron chi connectivity index (χ2n) is 4.36. The van der Waals surface area contributed by atoms with Crippen molar-refractivity contribution in [1.29, 1.82) is 0 Å². The number of benzene rings is 1. The molecular weight excluding hydrogens is 296 g/mol. The Morgan fingerprint density at radius 1 is 1.30 bits per heavy atom. The Morgan fingerprint density at radius 3 is 2.85 bits per heavy atom. The van der Waals surface area contributed by atoms with E-state index in [4.69, 9.17) is 11.6 Å². The Kier molecular flexibility index (Phi) is 3.23. The third-order valence-corrected chi connectivity index (χ3v) is 4.41. The van der Waals surface area contributed by atoms with Gasteiger partial charge in [-0.15, -0.1) is 11.3 Å². The molecule has 2 heterocycles. The lowest BCUT2D eigenvalue weighted by molar-refractivity contribution is 0.843. The SMILES string of the molecule is CCc1c(Cl)[nH]c(=O)n(-c2ccc3sccc3c2)c1=O. The molecule has 0 aliphatic rings. The van der Waals surface area contributed by atoms with Gasteiger partial charge < -0.3 is 0 Å². The van der Waals surface area contributed by atoms with E-state index < -0.39 is 5.69 Å². The van der Waals surface area contributed by atoms with Crippen LogP contribution >= 0.6 is 22.9 Å². The van der Waals surface area contributed by atoms with Crippen molar-refractivity contribution in [3.05, 3.63) is 61.2 Å². The highest BCUT2D eigenvalue weighted by Crippen LogP contribution is 2.22. The van der Waals surface area contributed by atoms with E-state index in [1.54, 1.807) is 17.4 Å². The van der Waals surface area contributed by atoms with Gasteiger partial charge in [0.05, 0.1) is 11.3 Å². The van der Waals surface area contributed by atoms with Gasteiger partial charge in [-0.25, -0.2) is 9.36 Å². The highest BCUT2D eigenvalue weighted by Gasteiger charge is 2.13. The molecule has 0 aliphatic carbocycles. The van der Waals surface area contributed by atoms with Gasteiger partial charge >= 0.3 is 5.69 Å². The molecular formula is C14H11ClN2O2S. The van der Waals surface area contributed by atoms with E-state index in [9.17, 15) is 9.59 Å². The van der Waals surface area contributed by atoms with Crippen molar-refractivity contribution in [2.24, 2.45) is 0 Å². The second-order valence-corrected chi connectivity index (χ2v) is 5.69. The number of H-pyrrole nitrogens is 1.